The minimum absolute atomic E-state index is 0.106. The Labute approximate surface area is 139 Å². The Morgan fingerprint density at radius 1 is 1.14 bits per heavy atom. The van der Waals surface area contributed by atoms with Gasteiger partial charge in [-0.25, -0.2) is 0 Å². The molecule has 2 aromatic rings. The van der Waals surface area contributed by atoms with E-state index < -0.39 is 0 Å². The van der Waals surface area contributed by atoms with Crippen molar-refractivity contribution in [2.24, 2.45) is 5.73 Å². The van der Waals surface area contributed by atoms with Gasteiger partial charge < -0.3 is 10.6 Å². The zero-order chi connectivity index (χ0) is 15.5. The third kappa shape index (κ3) is 3.08. The maximum atomic E-state index is 12.8. The van der Waals surface area contributed by atoms with Gasteiger partial charge in [0.05, 0.1) is 6.04 Å². The number of carbonyl (C=O) groups excluding carboxylic acids is 1. The molecule has 4 heteroatoms. The highest BCUT2D eigenvalue weighted by atomic mass is 79.9. The molecular formula is C18H19BrN2O. The van der Waals surface area contributed by atoms with E-state index >= 15 is 0 Å². The predicted molar refractivity (Wildman–Crippen MR) is 91.5 cm³/mol. The molecule has 1 fully saturated rings. The number of benzene rings is 2. The van der Waals surface area contributed by atoms with Gasteiger partial charge in [0.25, 0.3) is 5.91 Å². The lowest BCUT2D eigenvalue weighted by Crippen LogP contribution is -2.30. The number of amides is 1. The van der Waals surface area contributed by atoms with Crippen molar-refractivity contribution in [3.8, 4) is 0 Å². The summed E-state index contributed by atoms with van der Waals surface area (Å²) in [7, 11) is 0. The van der Waals surface area contributed by atoms with Crippen LogP contribution in [0.3, 0.4) is 0 Å². The van der Waals surface area contributed by atoms with Crippen LogP contribution in [0.1, 0.15) is 40.4 Å². The van der Waals surface area contributed by atoms with Crippen molar-refractivity contribution in [3.05, 3.63) is 69.7 Å². The summed E-state index contributed by atoms with van der Waals surface area (Å²) in [5, 5.41) is 0. The molecule has 3 rings (SSSR count). The van der Waals surface area contributed by atoms with Gasteiger partial charge in [0.2, 0.25) is 0 Å². The van der Waals surface area contributed by atoms with Crippen LogP contribution in [-0.4, -0.2) is 17.4 Å². The van der Waals surface area contributed by atoms with E-state index in [2.05, 4.69) is 28.1 Å². The molecule has 1 amide bonds. The molecule has 0 radical (unpaired) electrons. The van der Waals surface area contributed by atoms with Crippen LogP contribution < -0.4 is 5.73 Å². The van der Waals surface area contributed by atoms with Crippen molar-refractivity contribution >= 4 is 21.8 Å². The molecule has 22 heavy (non-hydrogen) atoms. The lowest BCUT2D eigenvalue weighted by molar-refractivity contribution is 0.0735. The molecule has 1 heterocycles. The van der Waals surface area contributed by atoms with Crippen LogP contribution in [0.5, 0.6) is 0 Å². The Morgan fingerprint density at radius 3 is 2.45 bits per heavy atom. The van der Waals surface area contributed by atoms with Gasteiger partial charge in [0.15, 0.2) is 0 Å². The minimum atomic E-state index is 0.106. The van der Waals surface area contributed by atoms with E-state index in [0.29, 0.717) is 6.54 Å². The van der Waals surface area contributed by atoms with Crippen LogP contribution in [-0.2, 0) is 6.54 Å². The summed E-state index contributed by atoms with van der Waals surface area (Å²) < 4.78 is 1.06. The Balaban J connectivity index is 1.82. The highest BCUT2D eigenvalue weighted by Crippen LogP contribution is 2.33. The Kier molecular flexibility index (Phi) is 4.60. The molecule has 1 atom stereocenters. The van der Waals surface area contributed by atoms with E-state index in [1.807, 2.05) is 41.3 Å². The third-order valence-corrected chi connectivity index (χ3v) is 4.73. The number of nitrogens with two attached hydrogens (primary N) is 1. The highest BCUT2D eigenvalue weighted by Gasteiger charge is 2.30. The monoisotopic (exact) mass is 358 g/mol. The molecule has 1 aliphatic rings. The number of hydrogen-bond donors (Lipinski definition) is 1. The summed E-state index contributed by atoms with van der Waals surface area (Å²) in [5.74, 6) is 0.106. The summed E-state index contributed by atoms with van der Waals surface area (Å²) >= 11 is 3.46. The van der Waals surface area contributed by atoms with Crippen LogP contribution in [0.25, 0.3) is 0 Å². The number of rotatable bonds is 3. The van der Waals surface area contributed by atoms with Crippen LogP contribution in [0.15, 0.2) is 53.0 Å². The van der Waals surface area contributed by atoms with E-state index in [1.165, 1.54) is 5.56 Å². The topological polar surface area (TPSA) is 46.3 Å². The largest absolute Gasteiger partial charge is 0.332 e. The fourth-order valence-electron chi connectivity index (χ4n) is 2.99. The molecular weight excluding hydrogens is 340 g/mol. The van der Waals surface area contributed by atoms with Gasteiger partial charge in [-0.3, -0.25) is 4.79 Å². The smallest absolute Gasteiger partial charge is 0.254 e. The number of carbonyl (C=O) groups is 1. The molecule has 2 N–H and O–H groups in total. The molecule has 0 saturated carbocycles. The van der Waals surface area contributed by atoms with Crippen molar-refractivity contribution in [1.82, 2.24) is 4.90 Å². The molecule has 3 nitrogen and oxygen atoms in total. The first-order valence-electron chi connectivity index (χ1n) is 7.54. The van der Waals surface area contributed by atoms with Gasteiger partial charge in [-0.2, -0.15) is 0 Å². The van der Waals surface area contributed by atoms with Gasteiger partial charge in [0.1, 0.15) is 0 Å². The molecule has 1 aliphatic heterocycles. The van der Waals surface area contributed by atoms with Gasteiger partial charge in [-0.05, 0) is 48.2 Å². The van der Waals surface area contributed by atoms with Gasteiger partial charge in [-0.1, -0.05) is 40.2 Å². The van der Waals surface area contributed by atoms with Gasteiger partial charge >= 0.3 is 0 Å². The molecule has 2 aromatic carbocycles. The molecule has 0 spiro atoms. The summed E-state index contributed by atoms with van der Waals surface area (Å²) in [6, 6.07) is 16.0. The standard InChI is InChI=1S/C18H19BrN2O/c19-16-9-7-14(8-10-16)17-2-1-11-21(17)18(22)15-5-3-13(12-20)4-6-15/h3-10,17H,1-2,11-12,20H2. The van der Waals surface area contributed by atoms with Crippen molar-refractivity contribution < 1.29 is 4.79 Å². The van der Waals surface area contributed by atoms with Crippen LogP contribution in [0.4, 0.5) is 0 Å². The van der Waals surface area contributed by atoms with Crippen molar-refractivity contribution in [1.29, 1.82) is 0 Å². The number of hydrogen-bond acceptors (Lipinski definition) is 2. The lowest BCUT2D eigenvalue weighted by Gasteiger charge is -2.25. The molecule has 0 aromatic heterocycles. The second-order valence-corrected chi connectivity index (χ2v) is 6.52. The number of likely N-dealkylation sites (tertiary alicyclic amines) is 1. The quantitative estimate of drug-likeness (QED) is 0.904. The highest BCUT2D eigenvalue weighted by molar-refractivity contribution is 9.10. The Morgan fingerprint density at radius 2 is 1.82 bits per heavy atom. The normalized spacial score (nSPS) is 17.7. The first-order valence-corrected chi connectivity index (χ1v) is 8.34. The number of halogens is 1. The average molecular weight is 359 g/mol. The fraction of sp³-hybridized carbons (Fsp3) is 0.278. The second-order valence-electron chi connectivity index (χ2n) is 5.61. The second kappa shape index (κ2) is 6.63. The van der Waals surface area contributed by atoms with E-state index in [0.717, 1.165) is 35.0 Å². The molecule has 0 aliphatic carbocycles. The number of nitrogens with zero attached hydrogens (tertiary/aromatic N) is 1. The van der Waals surface area contributed by atoms with Crippen molar-refractivity contribution in [2.75, 3.05) is 6.54 Å². The average Bonchev–Trinajstić information content (AvgIpc) is 3.04. The molecule has 1 unspecified atom stereocenters. The minimum Gasteiger partial charge on any atom is -0.332 e. The van der Waals surface area contributed by atoms with Crippen molar-refractivity contribution in [2.45, 2.75) is 25.4 Å². The van der Waals surface area contributed by atoms with E-state index in [4.69, 9.17) is 5.73 Å². The maximum Gasteiger partial charge on any atom is 0.254 e. The van der Waals surface area contributed by atoms with E-state index in [9.17, 15) is 4.79 Å². The fourth-order valence-corrected chi connectivity index (χ4v) is 3.25. The van der Waals surface area contributed by atoms with Crippen LogP contribution in [0, 0.1) is 0 Å². The zero-order valence-electron chi connectivity index (χ0n) is 12.3. The summed E-state index contributed by atoms with van der Waals surface area (Å²) in [6.45, 7) is 1.32. The van der Waals surface area contributed by atoms with Crippen molar-refractivity contribution in [3.63, 3.8) is 0 Å². The molecule has 1 saturated heterocycles. The first-order chi connectivity index (χ1) is 10.7. The zero-order valence-corrected chi connectivity index (χ0v) is 13.9. The summed E-state index contributed by atoms with van der Waals surface area (Å²) in [4.78, 5) is 14.8. The van der Waals surface area contributed by atoms with E-state index in [-0.39, 0.29) is 11.9 Å². The maximum absolute atomic E-state index is 12.8. The van der Waals surface area contributed by atoms with E-state index in [1.54, 1.807) is 0 Å². The van der Waals surface area contributed by atoms with Crippen LogP contribution >= 0.6 is 15.9 Å². The molecule has 0 bridgehead atoms. The predicted octanol–water partition coefficient (Wildman–Crippen LogP) is 3.89. The summed E-state index contributed by atoms with van der Waals surface area (Å²) in [5.41, 5.74) is 8.59. The first kappa shape index (κ1) is 15.3. The SMILES string of the molecule is NCc1ccc(C(=O)N2CCCC2c2ccc(Br)cc2)cc1. The molecule has 114 valence electrons. The summed E-state index contributed by atoms with van der Waals surface area (Å²) in [6.07, 6.45) is 2.07. The third-order valence-electron chi connectivity index (χ3n) is 4.21. The Hall–Kier alpha value is -1.65. The van der Waals surface area contributed by atoms with Gasteiger partial charge in [-0.15, -0.1) is 0 Å². The van der Waals surface area contributed by atoms with Crippen LogP contribution in [0.2, 0.25) is 0 Å². The van der Waals surface area contributed by atoms with Gasteiger partial charge in [0, 0.05) is 23.1 Å². The Bertz CT molecular complexity index is 652. The lowest BCUT2D eigenvalue weighted by atomic mass is 10.0.